The molecule has 0 fully saturated rings. The maximum atomic E-state index is 12.3. The first-order valence-corrected chi connectivity index (χ1v) is 11.1. The van der Waals surface area contributed by atoms with Crippen molar-refractivity contribution in [2.45, 2.75) is 25.0 Å². The van der Waals surface area contributed by atoms with Crippen molar-refractivity contribution in [2.75, 3.05) is 18.2 Å². The number of benzene rings is 2. The highest BCUT2D eigenvalue weighted by Gasteiger charge is 2.16. The summed E-state index contributed by atoms with van der Waals surface area (Å²) in [6.45, 7) is 2.46. The number of aromatic nitrogens is 4. The van der Waals surface area contributed by atoms with Crippen LogP contribution < -0.4 is 10.1 Å². The number of aryl methyl sites for hydroxylation is 2. The van der Waals surface area contributed by atoms with E-state index in [0.29, 0.717) is 23.3 Å². The number of hydrogen-bond donors (Lipinski definition) is 1. The zero-order chi connectivity index (χ0) is 22.3. The first-order chi connectivity index (χ1) is 15.6. The number of methoxy groups -OCH3 is 1. The largest absolute Gasteiger partial charge is 0.497 e. The molecule has 4 aromatic rings. The van der Waals surface area contributed by atoms with E-state index in [2.05, 4.69) is 32.8 Å². The van der Waals surface area contributed by atoms with Gasteiger partial charge in [-0.1, -0.05) is 47.3 Å². The van der Waals surface area contributed by atoms with Gasteiger partial charge in [0.1, 0.15) is 11.5 Å². The Morgan fingerprint density at radius 1 is 1.12 bits per heavy atom. The summed E-state index contributed by atoms with van der Waals surface area (Å²) in [4.78, 5) is 12.3. The predicted molar refractivity (Wildman–Crippen MR) is 123 cm³/mol. The summed E-state index contributed by atoms with van der Waals surface area (Å²) in [7, 11) is 1.64. The molecule has 0 aliphatic carbocycles. The summed E-state index contributed by atoms with van der Waals surface area (Å²) in [6, 6.07) is 19.6. The van der Waals surface area contributed by atoms with Crippen LogP contribution >= 0.6 is 11.8 Å². The molecule has 1 amide bonds. The Kier molecular flexibility index (Phi) is 6.86. The molecule has 0 unspecified atom stereocenters. The van der Waals surface area contributed by atoms with E-state index < -0.39 is 0 Å². The molecule has 0 spiro atoms. The molecule has 0 atom stereocenters. The van der Waals surface area contributed by atoms with E-state index in [1.165, 1.54) is 17.3 Å². The van der Waals surface area contributed by atoms with Crippen LogP contribution in [0.4, 0.5) is 5.82 Å². The lowest BCUT2D eigenvalue weighted by molar-refractivity contribution is -0.113. The number of rotatable bonds is 9. The molecular weight excluding hydrogens is 426 g/mol. The van der Waals surface area contributed by atoms with Gasteiger partial charge in [-0.2, -0.15) is 0 Å². The van der Waals surface area contributed by atoms with E-state index >= 15 is 0 Å². The van der Waals surface area contributed by atoms with Gasteiger partial charge in [-0.15, -0.1) is 10.2 Å². The lowest BCUT2D eigenvalue weighted by Gasteiger charge is -2.11. The number of nitrogens with one attached hydrogen (secondary N) is 1. The molecule has 0 aliphatic heterocycles. The van der Waals surface area contributed by atoms with Crippen LogP contribution in [0.5, 0.6) is 5.75 Å². The molecule has 164 valence electrons. The van der Waals surface area contributed by atoms with Crippen molar-refractivity contribution in [3.05, 3.63) is 72.0 Å². The normalized spacial score (nSPS) is 10.8. The van der Waals surface area contributed by atoms with E-state index in [1.807, 2.05) is 47.0 Å². The maximum Gasteiger partial charge on any atom is 0.236 e. The Labute approximate surface area is 190 Å². The summed E-state index contributed by atoms with van der Waals surface area (Å²) in [5.41, 5.74) is 2.15. The summed E-state index contributed by atoms with van der Waals surface area (Å²) in [5, 5.41) is 16.0. The second kappa shape index (κ2) is 10.1. The highest BCUT2D eigenvalue weighted by Crippen LogP contribution is 2.26. The van der Waals surface area contributed by atoms with E-state index in [1.54, 1.807) is 20.1 Å². The Morgan fingerprint density at radius 3 is 2.59 bits per heavy atom. The number of ether oxygens (including phenoxy) is 1. The average molecular weight is 450 g/mol. The number of hydrogen-bond acceptors (Lipinski definition) is 7. The van der Waals surface area contributed by atoms with Gasteiger partial charge in [-0.3, -0.25) is 4.79 Å². The van der Waals surface area contributed by atoms with Crippen molar-refractivity contribution < 1.29 is 14.1 Å². The van der Waals surface area contributed by atoms with Gasteiger partial charge in [-0.25, -0.2) is 0 Å². The van der Waals surface area contributed by atoms with E-state index in [-0.39, 0.29) is 11.7 Å². The standard InChI is InChI=1S/C23H23N5O3S/c1-16-14-20(27-31-16)24-21(29)15-32-23-26-25-22(18-8-10-19(30-2)11-9-18)28(23)13-12-17-6-4-3-5-7-17/h3-11,14H,12-13,15H2,1-2H3,(H,24,27,29). The molecule has 0 bridgehead atoms. The van der Waals surface area contributed by atoms with Crippen LogP contribution in [-0.2, 0) is 17.8 Å². The molecule has 0 aliphatic rings. The zero-order valence-corrected chi connectivity index (χ0v) is 18.6. The zero-order valence-electron chi connectivity index (χ0n) is 17.8. The summed E-state index contributed by atoms with van der Waals surface area (Å²) < 4.78 is 12.3. The second-order valence-electron chi connectivity index (χ2n) is 7.08. The lowest BCUT2D eigenvalue weighted by atomic mass is 10.1. The number of carbonyl (C=O) groups excluding carboxylic acids is 1. The van der Waals surface area contributed by atoms with Crippen LogP contribution in [0, 0.1) is 6.92 Å². The SMILES string of the molecule is COc1ccc(-c2nnc(SCC(=O)Nc3cc(C)on3)n2CCc2ccccc2)cc1. The van der Waals surface area contributed by atoms with Crippen LogP contribution in [0.2, 0.25) is 0 Å². The fourth-order valence-corrected chi connectivity index (χ4v) is 3.94. The third kappa shape index (κ3) is 5.36. The highest BCUT2D eigenvalue weighted by atomic mass is 32.2. The van der Waals surface area contributed by atoms with Crippen molar-refractivity contribution in [3.8, 4) is 17.1 Å². The minimum absolute atomic E-state index is 0.179. The topological polar surface area (TPSA) is 95.1 Å². The van der Waals surface area contributed by atoms with Crippen LogP contribution in [0.25, 0.3) is 11.4 Å². The first kappa shape index (κ1) is 21.6. The third-order valence-corrected chi connectivity index (χ3v) is 5.73. The number of amides is 1. The van der Waals surface area contributed by atoms with Crippen LogP contribution in [0.3, 0.4) is 0 Å². The van der Waals surface area contributed by atoms with Gasteiger partial charge < -0.3 is 19.1 Å². The van der Waals surface area contributed by atoms with Gasteiger partial charge in [0.05, 0.1) is 12.9 Å². The number of nitrogens with zero attached hydrogens (tertiary/aromatic N) is 4. The quantitative estimate of drug-likeness (QED) is 0.382. The number of thioether (sulfide) groups is 1. The van der Waals surface area contributed by atoms with Crippen molar-refractivity contribution in [3.63, 3.8) is 0 Å². The molecule has 0 saturated carbocycles. The van der Waals surface area contributed by atoms with Crippen LogP contribution in [-0.4, -0.2) is 38.7 Å². The van der Waals surface area contributed by atoms with Gasteiger partial charge in [-0.05, 0) is 43.2 Å². The van der Waals surface area contributed by atoms with E-state index in [0.717, 1.165) is 23.6 Å². The minimum Gasteiger partial charge on any atom is -0.497 e. The predicted octanol–water partition coefficient (Wildman–Crippen LogP) is 4.22. The molecular formula is C23H23N5O3S. The Balaban J connectivity index is 1.52. The van der Waals surface area contributed by atoms with E-state index in [4.69, 9.17) is 9.26 Å². The fourth-order valence-electron chi connectivity index (χ4n) is 3.17. The Bertz CT molecular complexity index is 1170. The molecule has 32 heavy (non-hydrogen) atoms. The molecule has 9 heteroatoms. The molecule has 0 saturated heterocycles. The average Bonchev–Trinajstić information content (AvgIpc) is 3.42. The van der Waals surface area contributed by atoms with Gasteiger partial charge in [0.2, 0.25) is 5.91 Å². The van der Waals surface area contributed by atoms with Gasteiger partial charge in [0.15, 0.2) is 16.8 Å². The number of carbonyl (C=O) groups is 1. The summed E-state index contributed by atoms with van der Waals surface area (Å²) >= 11 is 1.33. The fraction of sp³-hybridized carbons (Fsp3) is 0.217. The van der Waals surface area contributed by atoms with Crippen molar-refractivity contribution in [1.82, 2.24) is 19.9 Å². The Morgan fingerprint density at radius 2 is 1.91 bits per heavy atom. The molecule has 2 heterocycles. The highest BCUT2D eigenvalue weighted by molar-refractivity contribution is 7.99. The maximum absolute atomic E-state index is 12.3. The lowest BCUT2D eigenvalue weighted by Crippen LogP contribution is -2.15. The molecule has 2 aromatic carbocycles. The third-order valence-electron chi connectivity index (χ3n) is 4.76. The summed E-state index contributed by atoms with van der Waals surface area (Å²) in [6.07, 6.45) is 0.819. The monoisotopic (exact) mass is 449 g/mol. The molecule has 2 aromatic heterocycles. The van der Waals surface area contributed by atoms with Crippen LogP contribution in [0.15, 0.2) is 70.3 Å². The molecule has 0 radical (unpaired) electrons. The van der Waals surface area contributed by atoms with Gasteiger partial charge in [0, 0.05) is 18.2 Å². The van der Waals surface area contributed by atoms with Crippen molar-refractivity contribution in [2.24, 2.45) is 0 Å². The van der Waals surface area contributed by atoms with Crippen molar-refractivity contribution in [1.29, 1.82) is 0 Å². The smallest absolute Gasteiger partial charge is 0.236 e. The van der Waals surface area contributed by atoms with Gasteiger partial charge >= 0.3 is 0 Å². The first-order valence-electron chi connectivity index (χ1n) is 10.1. The van der Waals surface area contributed by atoms with E-state index in [9.17, 15) is 4.79 Å². The second-order valence-corrected chi connectivity index (χ2v) is 8.02. The van der Waals surface area contributed by atoms with Gasteiger partial charge in [0.25, 0.3) is 0 Å². The number of anilines is 1. The van der Waals surface area contributed by atoms with Crippen LogP contribution in [0.1, 0.15) is 11.3 Å². The Hall–Kier alpha value is -3.59. The molecule has 4 rings (SSSR count). The molecule has 1 N–H and O–H groups in total. The molecule has 8 nitrogen and oxygen atoms in total. The minimum atomic E-state index is -0.188. The van der Waals surface area contributed by atoms with Crippen molar-refractivity contribution >= 4 is 23.5 Å². The summed E-state index contributed by atoms with van der Waals surface area (Å²) in [5.74, 6) is 2.55.